The lowest BCUT2D eigenvalue weighted by Gasteiger charge is -2.13. The molecule has 5 nitrogen and oxygen atoms in total. The molecule has 5 heteroatoms. The van der Waals surface area contributed by atoms with Crippen LogP contribution in [0.4, 0.5) is 0 Å². The lowest BCUT2D eigenvalue weighted by Crippen LogP contribution is -2.04. The monoisotopic (exact) mass is 328 g/mol. The Morgan fingerprint density at radius 1 is 0.958 bits per heavy atom. The molecule has 0 heterocycles. The van der Waals surface area contributed by atoms with Crippen LogP contribution in [0.1, 0.15) is 40.1 Å². The van der Waals surface area contributed by atoms with Crippen molar-refractivity contribution in [1.82, 2.24) is 0 Å². The summed E-state index contributed by atoms with van der Waals surface area (Å²) in [4.78, 5) is 23.0. The Bertz CT molecular complexity index is 719. The molecule has 0 bridgehead atoms. The van der Waals surface area contributed by atoms with Crippen molar-refractivity contribution in [3.63, 3.8) is 0 Å². The van der Waals surface area contributed by atoms with Crippen LogP contribution >= 0.6 is 0 Å². The Morgan fingerprint density at radius 3 is 2.21 bits per heavy atom. The van der Waals surface area contributed by atoms with Gasteiger partial charge < -0.3 is 14.2 Å². The zero-order valence-corrected chi connectivity index (χ0v) is 14.0. The molecule has 0 unspecified atom stereocenters. The van der Waals surface area contributed by atoms with Gasteiger partial charge in [-0.3, -0.25) is 4.79 Å². The molecule has 0 fully saturated rings. The van der Waals surface area contributed by atoms with Gasteiger partial charge >= 0.3 is 5.97 Å². The molecule has 0 spiro atoms. The number of Topliss-reactive ketones (excluding diaryl/α,β-unsaturated/α-hetero) is 1. The number of hydrogen-bond acceptors (Lipinski definition) is 5. The highest BCUT2D eigenvalue weighted by molar-refractivity contribution is 5.94. The predicted molar refractivity (Wildman–Crippen MR) is 89.7 cm³/mol. The minimum atomic E-state index is -0.394. The highest BCUT2D eigenvalue weighted by Crippen LogP contribution is 2.23. The number of esters is 1. The fraction of sp³-hybridized carbons (Fsp3) is 0.263. The van der Waals surface area contributed by atoms with E-state index in [2.05, 4.69) is 4.74 Å². The van der Waals surface area contributed by atoms with Crippen molar-refractivity contribution in [3.8, 4) is 11.5 Å². The second kappa shape index (κ2) is 8.15. The van der Waals surface area contributed by atoms with Crippen molar-refractivity contribution in [1.29, 1.82) is 0 Å². The smallest absolute Gasteiger partial charge is 0.337 e. The topological polar surface area (TPSA) is 61.8 Å². The summed E-state index contributed by atoms with van der Waals surface area (Å²) in [7, 11) is 1.34. The van der Waals surface area contributed by atoms with Gasteiger partial charge in [-0.25, -0.2) is 4.79 Å². The molecule has 126 valence electrons. The maximum atomic E-state index is 11.5. The molecule has 24 heavy (non-hydrogen) atoms. The quantitative estimate of drug-likeness (QED) is 0.573. The Labute approximate surface area is 141 Å². The molecular weight excluding hydrogens is 308 g/mol. The van der Waals surface area contributed by atoms with Gasteiger partial charge in [-0.1, -0.05) is 0 Å². The van der Waals surface area contributed by atoms with Gasteiger partial charge in [0.1, 0.15) is 18.1 Å². The third kappa shape index (κ3) is 4.35. The van der Waals surface area contributed by atoms with E-state index in [1.807, 2.05) is 6.92 Å². The fourth-order valence-electron chi connectivity index (χ4n) is 2.17. The summed E-state index contributed by atoms with van der Waals surface area (Å²) in [5.41, 5.74) is 1.86. The third-order valence-electron chi connectivity index (χ3n) is 3.44. The molecule has 0 amide bonds. The number of carbonyl (C=O) groups is 2. The lowest BCUT2D eigenvalue weighted by molar-refractivity contribution is 0.0600. The summed E-state index contributed by atoms with van der Waals surface area (Å²) in [6.45, 7) is 4.20. The largest absolute Gasteiger partial charge is 0.493 e. The molecule has 0 atom stereocenters. The van der Waals surface area contributed by atoms with Crippen LogP contribution in [0.5, 0.6) is 11.5 Å². The molecule has 2 rings (SSSR count). The van der Waals surface area contributed by atoms with Crippen LogP contribution in [0.15, 0.2) is 42.5 Å². The van der Waals surface area contributed by atoms with Crippen LogP contribution < -0.4 is 9.47 Å². The van der Waals surface area contributed by atoms with Crippen molar-refractivity contribution in [2.24, 2.45) is 0 Å². The van der Waals surface area contributed by atoms with Crippen molar-refractivity contribution in [2.75, 3.05) is 13.7 Å². The average Bonchev–Trinajstić information content (AvgIpc) is 2.60. The summed E-state index contributed by atoms with van der Waals surface area (Å²) in [6.07, 6.45) is 0. The second-order valence-corrected chi connectivity index (χ2v) is 5.12. The highest BCUT2D eigenvalue weighted by atomic mass is 16.5. The first-order valence-corrected chi connectivity index (χ1v) is 7.63. The van der Waals surface area contributed by atoms with Gasteiger partial charge in [-0.2, -0.15) is 0 Å². The first kappa shape index (κ1) is 17.5. The molecule has 0 aliphatic rings. The molecule has 0 radical (unpaired) electrons. The standard InChI is InChI=1S/C19H20O5/c1-4-23-18-10-7-15(13(2)20)11-16(18)12-24-17-8-5-14(6-9-17)19(21)22-3/h5-11H,4,12H2,1-3H3. The first-order chi connectivity index (χ1) is 11.5. The molecule has 0 aromatic heterocycles. The summed E-state index contributed by atoms with van der Waals surface area (Å²) in [5, 5.41) is 0. The van der Waals surface area contributed by atoms with E-state index < -0.39 is 5.97 Å². The van der Waals surface area contributed by atoms with E-state index in [-0.39, 0.29) is 12.4 Å². The van der Waals surface area contributed by atoms with Gasteiger partial charge in [-0.05, 0) is 56.3 Å². The van der Waals surface area contributed by atoms with E-state index in [1.54, 1.807) is 42.5 Å². The maximum Gasteiger partial charge on any atom is 0.337 e. The zero-order valence-electron chi connectivity index (χ0n) is 14.0. The van der Waals surface area contributed by atoms with Gasteiger partial charge in [0.2, 0.25) is 0 Å². The normalized spacial score (nSPS) is 10.1. The molecule has 0 aliphatic carbocycles. The third-order valence-corrected chi connectivity index (χ3v) is 3.44. The van der Waals surface area contributed by atoms with E-state index in [9.17, 15) is 9.59 Å². The molecular formula is C19H20O5. The second-order valence-electron chi connectivity index (χ2n) is 5.12. The Kier molecular flexibility index (Phi) is 5.95. The number of hydrogen-bond donors (Lipinski definition) is 0. The van der Waals surface area contributed by atoms with Gasteiger partial charge in [0, 0.05) is 11.1 Å². The van der Waals surface area contributed by atoms with E-state index in [0.29, 0.717) is 29.2 Å². The van der Waals surface area contributed by atoms with Gasteiger partial charge in [-0.15, -0.1) is 0 Å². The minimum absolute atomic E-state index is 0.0123. The van der Waals surface area contributed by atoms with Gasteiger partial charge in [0.15, 0.2) is 5.78 Å². The number of methoxy groups -OCH3 is 1. The molecule has 0 saturated heterocycles. The molecule has 0 saturated carbocycles. The molecule has 0 aliphatic heterocycles. The van der Waals surface area contributed by atoms with Crippen molar-refractivity contribution < 1.29 is 23.8 Å². The SMILES string of the molecule is CCOc1ccc(C(C)=O)cc1COc1ccc(C(=O)OC)cc1. The lowest BCUT2D eigenvalue weighted by atomic mass is 10.1. The number of carbonyl (C=O) groups excluding carboxylic acids is 2. The van der Waals surface area contributed by atoms with Crippen molar-refractivity contribution in [3.05, 3.63) is 59.2 Å². The fourth-order valence-corrected chi connectivity index (χ4v) is 2.17. The van der Waals surface area contributed by atoms with Crippen molar-refractivity contribution in [2.45, 2.75) is 20.5 Å². The molecule has 2 aromatic rings. The first-order valence-electron chi connectivity index (χ1n) is 7.63. The predicted octanol–water partition coefficient (Wildman–Crippen LogP) is 3.65. The summed E-state index contributed by atoms with van der Waals surface area (Å²) in [5.74, 6) is 0.892. The Morgan fingerprint density at radius 2 is 1.62 bits per heavy atom. The van der Waals surface area contributed by atoms with Crippen LogP contribution in [0.3, 0.4) is 0 Å². The summed E-state index contributed by atoms with van der Waals surface area (Å²) >= 11 is 0. The number of rotatable bonds is 7. The Balaban J connectivity index is 2.13. The van der Waals surface area contributed by atoms with Crippen LogP contribution in [0, 0.1) is 0 Å². The minimum Gasteiger partial charge on any atom is -0.493 e. The van der Waals surface area contributed by atoms with E-state index in [4.69, 9.17) is 9.47 Å². The van der Waals surface area contributed by atoms with Gasteiger partial charge in [0.05, 0.1) is 19.3 Å². The number of ketones is 1. The number of benzene rings is 2. The van der Waals surface area contributed by atoms with E-state index >= 15 is 0 Å². The van der Waals surface area contributed by atoms with Crippen LogP contribution in [0.2, 0.25) is 0 Å². The van der Waals surface area contributed by atoms with E-state index in [1.165, 1.54) is 14.0 Å². The highest BCUT2D eigenvalue weighted by Gasteiger charge is 2.09. The summed E-state index contributed by atoms with van der Waals surface area (Å²) < 4.78 is 16.0. The van der Waals surface area contributed by atoms with E-state index in [0.717, 1.165) is 5.56 Å². The van der Waals surface area contributed by atoms with Gasteiger partial charge in [0.25, 0.3) is 0 Å². The molecule has 0 N–H and O–H groups in total. The maximum absolute atomic E-state index is 11.5. The van der Waals surface area contributed by atoms with Crippen LogP contribution in [-0.2, 0) is 11.3 Å². The number of ether oxygens (including phenoxy) is 3. The van der Waals surface area contributed by atoms with Crippen molar-refractivity contribution >= 4 is 11.8 Å². The summed E-state index contributed by atoms with van der Waals surface area (Å²) in [6, 6.07) is 12.0. The zero-order chi connectivity index (χ0) is 17.5. The molecule has 2 aromatic carbocycles. The van der Waals surface area contributed by atoms with Crippen LogP contribution in [-0.4, -0.2) is 25.5 Å². The average molecular weight is 328 g/mol. The Hall–Kier alpha value is -2.82. The van der Waals surface area contributed by atoms with Crippen LogP contribution in [0.25, 0.3) is 0 Å².